The Kier molecular flexibility index (Phi) is 3.52. The Morgan fingerprint density at radius 2 is 2.12 bits per heavy atom. The third-order valence-electron chi connectivity index (χ3n) is 3.02. The number of carbonyl (C=O) groups is 1. The topological polar surface area (TPSA) is 50.4 Å². The molecule has 1 aromatic rings. The van der Waals surface area contributed by atoms with E-state index in [9.17, 15) is 4.79 Å². The Bertz CT molecular complexity index is 418. The van der Waals surface area contributed by atoms with Crippen LogP contribution < -0.4 is 10.6 Å². The van der Waals surface area contributed by atoms with Crippen molar-refractivity contribution < 1.29 is 9.53 Å². The molecule has 17 heavy (non-hydrogen) atoms. The standard InChI is InChI=1S/C13H18N2O2/c1-3-9-4-5-10-11(8-9)15-12(14-10)6-7-13(16)17-2/h4-5,8,12,14-15H,3,6-7H2,1-2H3. The second-order valence-corrected chi connectivity index (χ2v) is 4.19. The molecule has 1 atom stereocenters. The monoisotopic (exact) mass is 234 g/mol. The lowest BCUT2D eigenvalue weighted by molar-refractivity contribution is -0.140. The van der Waals surface area contributed by atoms with Gasteiger partial charge in [-0.1, -0.05) is 13.0 Å². The van der Waals surface area contributed by atoms with Crippen LogP contribution in [0.5, 0.6) is 0 Å². The molecule has 0 spiro atoms. The van der Waals surface area contributed by atoms with Crippen molar-refractivity contribution in [2.45, 2.75) is 32.4 Å². The van der Waals surface area contributed by atoms with E-state index in [1.54, 1.807) is 0 Å². The van der Waals surface area contributed by atoms with Crippen molar-refractivity contribution in [1.82, 2.24) is 0 Å². The average Bonchev–Trinajstić information content (AvgIpc) is 2.77. The van der Waals surface area contributed by atoms with Crippen LogP contribution in [0.2, 0.25) is 0 Å². The number of esters is 1. The minimum atomic E-state index is -0.168. The summed E-state index contributed by atoms with van der Waals surface area (Å²) in [4.78, 5) is 11.1. The first-order valence-electron chi connectivity index (χ1n) is 5.95. The molecule has 2 rings (SSSR count). The maximum absolute atomic E-state index is 11.1. The van der Waals surface area contributed by atoms with Gasteiger partial charge in [0.25, 0.3) is 0 Å². The summed E-state index contributed by atoms with van der Waals surface area (Å²) >= 11 is 0. The van der Waals surface area contributed by atoms with Gasteiger partial charge in [0.2, 0.25) is 0 Å². The summed E-state index contributed by atoms with van der Waals surface area (Å²) in [5, 5.41) is 6.72. The van der Waals surface area contributed by atoms with Gasteiger partial charge in [-0.25, -0.2) is 0 Å². The number of anilines is 2. The number of carbonyl (C=O) groups excluding carboxylic acids is 1. The summed E-state index contributed by atoms with van der Waals surface area (Å²) in [7, 11) is 1.42. The van der Waals surface area contributed by atoms with E-state index in [1.807, 2.05) is 0 Å². The number of hydrogen-bond acceptors (Lipinski definition) is 4. The van der Waals surface area contributed by atoms with E-state index >= 15 is 0 Å². The second kappa shape index (κ2) is 5.08. The van der Waals surface area contributed by atoms with Gasteiger partial charge in [0, 0.05) is 6.42 Å². The molecular weight excluding hydrogens is 216 g/mol. The van der Waals surface area contributed by atoms with Crippen LogP contribution in [-0.4, -0.2) is 19.2 Å². The zero-order chi connectivity index (χ0) is 12.3. The Morgan fingerprint density at radius 3 is 2.82 bits per heavy atom. The van der Waals surface area contributed by atoms with Crippen molar-refractivity contribution in [3.63, 3.8) is 0 Å². The summed E-state index contributed by atoms with van der Waals surface area (Å²) < 4.78 is 4.63. The molecule has 1 unspecified atom stereocenters. The van der Waals surface area contributed by atoms with Crippen LogP contribution in [0.3, 0.4) is 0 Å². The summed E-state index contributed by atoms with van der Waals surface area (Å²) in [6, 6.07) is 6.36. The SMILES string of the molecule is CCc1ccc2c(c1)NC(CCC(=O)OC)N2. The number of hydrogen-bond donors (Lipinski definition) is 2. The minimum Gasteiger partial charge on any atom is -0.469 e. The maximum atomic E-state index is 11.1. The predicted molar refractivity (Wildman–Crippen MR) is 68.1 cm³/mol. The fourth-order valence-corrected chi connectivity index (χ4v) is 1.98. The van der Waals surface area contributed by atoms with E-state index in [4.69, 9.17) is 0 Å². The van der Waals surface area contributed by atoms with E-state index in [-0.39, 0.29) is 12.1 Å². The molecule has 92 valence electrons. The number of benzene rings is 1. The normalized spacial score (nSPS) is 16.9. The third kappa shape index (κ3) is 2.70. The largest absolute Gasteiger partial charge is 0.469 e. The van der Waals surface area contributed by atoms with Crippen molar-refractivity contribution >= 4 is 17.3 Å². The summed E-state index contributed by atoms with van der Waals surface area (Å²) in [5.41, 5.74) is 3.54. The van der Waals surface area contributed by atoms with Crippen LogP contribution in [0.25, 0.3) is 0 Å². The number of aryl methyl sites for hydroxylation is 1. The summed E-state index contributed by atoms with van der Waals surface area (Å²) in [6.45, 7) is 2.14. The first-order valence-corrected chi connectivity index (χ1v) is 5.95. The molecule has 0 fully saturated rings. The first kappa shape index (κ1) is 11.8. The van der Waals surface area contributed by atoms with Gasteiger partial charge in [-0.05, 0) is 30.5 Å². The summed E-state index contributed by atoms with van der Waals surface area (Å²) in [5.74, 6) is -0.168. The van der Waals surface area contributed by atoms with Gasteiger partial charge in [-0.2, -0.15) is 0 Å². The van der Waals surface area contributed by atoms with Crippen molar-refractivity contribution in [3.8, 4) is 0 Å². The predicted octanol–water partition coefficient (Wildman–Crippen LogP) is 2.37. The van der Waals surface area contributed by atoms with E-state index in [1.165, 1.54) is 12.7 Å². The number of ether oxygens (including phenoxy) is 1. The van der Waals surface area contributed by atoms with Crippen molar-refractivity contribution in [1.29, 1.82) is 0 Å². The van der Waals surface area contributed by atoms with E-state index in [0.717, 1.165) is 24.2 Å². The van der Waals surface area contributed by atoms with Gasteiger partial charge in [0.05, 0.1) is 24.7 Å². The third-order valence-corrected chi connectivity index (χ3v) is 3.02. The van der Waals surface area contributed by atoms with E-state index in [2.05, 4.69) is 40.5 Å². The fourth-order valence-electron chi connectivity index (χ4n) is 1.98. The maximum Gasteiger partial charge on any atom is 0.305 e. The zero-order valence-electron chi connectivity index (χ0n) is 10.2. The highest BCUT2D eigenvalue weighted by molar-refractivity contribution is 5.75. The Hall–Kier alpha value is -1.71. The van der Waals surface area contributed by atoms with Gasteiger partial charge in [-0.15, -0.1) is 0 Å². The lowest BCUT2D eigenvalue weighted by Crippen LogP contribution is -2.23. The van der Waals surface area contributed by atoms with E-state index in [0.29, 0.717) is 6.42 Å². The highest BCUT2D eigenvalue weighted by atomic mass is 16.5. The second-order valence-electron chi connectivity index (χ2n) is 4.19. The van der Waals surface area contributed by atoms with Gasteiger partial charge < -0.3 is 15.4 Å². The lowest BCUT2D eigenvalue weighted by Gasteiger charge is -2.10. The fraction of sp³-hybridized carbons (Fsp3) is 0.462. The Balaban J connectivity index is 1.94. The Morgan fingerprint density at radius 1 is 1.35 bits per heavy atom. The molecule has 4 nitrogen and oxygen atoms in total. The van der Waals surface area contributed by atoms with Crippen LogP contribution in [0, 0.1) is 0 Å². The van der Waals surface area contributed by atoms with Crippen molar-refractivity contribution in [2.75, 3.05) is 17.7 Å². The molecule has 1 heterocycles. The molecule has 0 radical (unpaired) electrons. The highest BCUT2D eigenvalue weighted by Gasteiger charge is 2.20. The molecule has 4 heteroatoms. The number of methoxy groups -OCH3 is 1. The molecule has 1 aromatic carbocycles. The molecule has 0 bridgehead atoms. The molecule has 0 aliphatic carbocycles. The molecule has 0 saturated heterocycles. The molecule has 1 aliphatic rings. The zero-order valence-corrected chi connectivity index (χ0v) is 10.2. The molecule has 0 amide bonds. The van der Waals surface area contributed by atoms with Gasteiger partial charge in [0.1, 0.15) is 0 Å². The average molecular weight is 234 g/mol. The van der Waals surface area contributed by atoms with Gasteiger partial charge >= 0.3 is 5.97 Å². The quantitative estimate of drug-likeness (QED) is 0.785. The van der Waals surface area contributed by atoms with Crippen LogP contribution in [-0.2, 0) is 16.0 Å². The molecule has 2 N–H and O–H groups in total. The van der Waals surface area contributed by atoms with Gasteiger partial charge in [0.15, 0.2) is 0 Å². The number of nitrogens with one attached hydrogen (secondary N) is 2. The molecule has 1 aliphatic heterocycles. The Labute approximate surface area is 101 Å². The van der Waals surface area contributed by atoms with Crippen LogP contribution in [0.4, 0.5) is 11.4 Å². The van der Waals surface area contributed by atoms with Crippen LogP contribution in [0.1, 0.15) is 25.3 Å². The first-order chi connectivity index (χ1) is 8.22. The van der Waals surface area contributed by atoms with Crippen LogP contribution in [0.15, 0.2) is 18.2 Å². The smallest absolute Gasteiger partial charge is 0.305 e. The van der Waals surface area contributed by atoms with E-state index < -0.39 is 0 Å². The van der Waals surface area contributed by atoms with Crippen LogP contribution >= 0.6 is 0 Å². The molecular formula is C13H18N2O2. The molecule has 0 saturated carbocycles. The number of rotatable bonds is 4. The number of fused-ring (bicyclic) bond motifs is 1. The highest BCUT2D eigenvalue weighted by Crippen LogP contribution is 2.31. The van der Waals surface area contributed by atoms with Crippen molar-refractivity contribution in [3.05, 3.63) is 23.8 Å². The van der Waals surface area contributed by atoms with Crippen molar-refractivity contribution in [2.24, 2.45) is 0 Å². The summed E-state index contributed by atoms with van der Waals surface area (Å²) in [6.07, 6.45) is 2.30. The minimum absolute atomic E-state index is 0.121. The lowest BCUT2D eigenvalue weighted by atomic mass is 10.1. The van der Waals surface area contributed by atoms with Gasteiger partial charge in [-0.3, -0.25) is 4.79 Å². The molecule has 0 aromatic heterocycles.